The number of carbonyl (C=O) groups excluding carboxylic acids is 2. The number of nitrogens with one attached hydrogen (secondary N) is 1. The lowest BCUT2D eigenvalue weighted by Crippen LogP contribution is -2.52. The molecule has 2 rings (SSSR count). The summed E-state index contributed by atoms with van der Waals surface area (Å²) in [7, 11) is 0. The number of aromatic nitrogens is 1. The monoisotopic (exact) mass is 353 g/mol. The Hall–Kier alpha value is -1.47. The van der Waals surface area contributed by atoms with E-state index in [9.17, 15) is 9.59 Å². The number of esters is 1. The molecule has 0 unspecified atom stereocenters. The number of hydrogen-bond donors (Lipinski definition) is 2. The van der Waals surface area contributed by atoms with E-state index in [4.69, 9.17) is 10.5 Å². The zero-order valence-electron chi connectivity index (χ0n) is 15.0. The highest BCUT2D eigenvalue weighted by Gasteiger charge is 2.54. The third kappa shape index (κ3) is 4.13. The maximum absolute atomic E-state index is 12.9. The number of hydrogen-bond acceptors (Lipinski definition) is 6. The molecular weight excluding hydrogens is 326 g/mol. The summed E-state index contributed by atoms with van der Waals surface area (Å²) in [5.74, 6) is -0.970. The minimum atomic E-state index is -0.919. The molecular formula is C17H27N3O3S. The van der Waals surface area contributed by atoms with Gasteiger partial charge in [-0.3, -0.25) is 14.9 Å². The first-order chi connectivity index (χ1) is 11.0. The van der Waals surface area contributed by atoms with E-state index in [1.54, 1.807) is 6.20 Å². The van der Waals surface area contributed by atoms with Crippen LogP contribution in [-0.2, 0) is 14.3 Å². The van der Waals surface area contributed by atoms with Gasteiger partial charge in [0.2, 0.25) is 5.91 Å². The largest absolute Gasteiger partial charge is 0.459 e. The van der Waals surface area contributed by atoms with Gasteiger partial charge in [-0.05, 0) is 39.5 Å². The van der Waals surface area contributed by atoms with Crippen molar-refractivity contribution in [3.63, 3.8) is 0 Å². The van der Waals surface area contributed by atoms with Gasteiger partial charge in [0.1, 0.15) is 16.1 Å². The molecule has 0 aliphatic carbocycles. The van der Waals surface area contributed by atoms with Crippen molar-refractivity contribution in [3.05, 3.63) is 16.6 Å². The van der Waals surface area contributed by atoms with Crippen LogP contribution < -0.4 is 11.1 Å². The Bertz CT molecular complexity index is 595. The molecule has 7 heteroatoms. The van der Waals surface area contributed by atoms with Gasteiger partial charge < -0.3 is 10.5 Å². The normalized spacial score (nSPS) is 27.4. The maximum atomic E-state index is 12.9. The van der Waals surface area contributed by atoms with E-state index < -0.39 is 23.0 Å². The Morgan fingerprint density at radius 1 is 1.50 bits per heavy atom. The van der Waals surface area contributed by atoms with Crippen molar-refractivity contribution in [1.82, 2.24) is 10.3 Å². The van der Waals surface area contributed by atoms with Crippen molar-refractivity contribution in [1.29, 1.82) is 0 Å². The molecule has 134 valence electrons. The van der Waals surface area contributed by atoms with Crippen LogP contribution in [0.1, 0.15) is 58.5 Å². The number of ether oxygens (including phenoxy) is 1. The Morgan fingerprint density at radius 3 is 2.62 bits per heavy atom. The molecule has 1 saturated heterocycles. The van der Waals surface area contributed by atoms with E-state index in [0.29, 0.717) is 12.8 Å². The highest BCUT2D eigenvalue weighted by Crippen LogP contribution is 2.42. The van der Waals surface area contributed by atoms with Gasteiger partial charge in [0.05, 0.1) is 12.0 Å². The van der Waals surface area contributed by atoms with E-state index >= 15 is 0 Å². The predicted molar refractivity (Wildman–Crippen MR) is 93.3 cm³/mol. The summed E-state index contributed by atoms with van der Waals surface area (Å²) in [6.07, 6.45) is 2.60. The standard InChI is InChI=1S/C17H27N3O3S/c1-10(2)8-17(15(22)23-16(3,4)5)9-11(13(18)21)12(20-17)14-19-6-7-24-14/h6-7,10-12,20H,8-9H2,1-5H3,(H2,18,21)/t11-,12+,17-/m0/s1. The van der Waals surface area contributed by atoms with Crippen LogP contribution in [0.4, 0.5) is 0 Å². The van der Waals surface area contributed by atoms with Gasteiger partial charge in [-0.2, -0.15) is 0 Å². The number of nitrogens with two attached hydrogens (primary N) is 1. The highest BCUT2D eigenvalue weighted by atomic mass is 32.1. The zero-order chi connectivity index (χ0) is 18.1. The van der Waals surface area contributed by atoms with Crippen LogP contribution in [0.5, 0.6) is 0 Å². The Balaban J connectivity index is 2.37. The van der Waals surface area contributed by atoms with Gasteiger partial charge in [0, 0.05) is 11.6 Å². The van der Waals surface area contributed by atoms with E-state index in [1.165, 1.54) is 11.3 Å². The molecule has 0 radical (unpaired) electrons. The molecule has 2 heterocycles. The lowest BCUT2D eigenvalue weighted by Gasteiger charge is -2.33. The second-order valence-corrected chi connectivity index (χ2v) is 8.81. The lowest BCUT2D eigenvalue weighted by molar-refractivity contribution is -0.163. The molecule has 6 nitrogen and oxygen atoms in total. The summed E-state index contributed by atoms with van der Waals surface area (Å²) in [6.45, 7) is 9.61. The molecule has 1 aromatic heterocycles. The Labute approximate surface area is 147 Å². The number of nitrogens with zero attached hydrogens (tertiary/aromatic N) is 1. The van der Waals surface area contributed by atoms with Gasteiger partial charge in [-0.25, -0.2) is 4.98 Å². The molecule has 0 aromatic carbocycles. The quantitative estimate of drug-likeness (QED) is 0.793. The SMILES string of the molecule is CC(C)C[C@@]1(C(=O)OC(C)(C)C)C[C@H](C(N)=O)[C@H](c2nccs2)N1. The first-order valence-corrected chi connectivity index (χ1v) is 9.12. The average Bonchev–Trinajstić information content (AvgIpc) is 3.02. The van der Waals surface area contributed by atoms with Crippen LogP contribution in [0.2, 0.25) is 0 Å². The summed E-state index contributed by atoms with van der Waals surface area (Å²) in [4.78, 5) is 29.2. The smallest absolute Gasteiger partial charge is 0.326 e. The first-order valence-electron chi connectivity index (χ1n) is 8.24. The zero-order valence-corrected chi connectivity index (χ0v) is 15.8. The molecule has 0 spiro atoms. The lowest BCUT2D eigenvalue weighted by atomic mass is 9.84. The fourth-order valence-electron chi connectivity index (χ4n) is 3.28. The van der Waals surface area contributed by atoms with Crippen molar-refractivity contribution >= 4 is 23.2 Å². The van der Waals surface area contributed by atoms with E-state index in [0.717, 1.165) is 5.01 Å². The minimum Gasteiger partial charge on any atom is -0.459 e. The van der Waals surface area contributed by atoms with Crippen LogP contribution in [-0.4, -0.2) is 28.0 Å². The van der Waals surface area contributed by atoms with Crippen LogP contribution in [0.25, 0.3) is 0 Å². The summed E-state index contributed by atoms with van der Waals surface area (Å²) in [6, 6.07) is -0.353. The molecule has 3 N–H and O–H groups in total. The van der Waals surface area contributed by atoms with E-state index in [-0.39, 0.29) is 17.9 Å². The van der Waals surface area contributed by atoms with Gasteiger partial charge in [-0.15, -0.1) is 11.3 Å². The van der Waals surface area contributed by atoms with E-state index in [2.05, 4.69) is 10.3 Å². The molecule has 1 aliphatic rings. The van der Waals surface area contributed by atoms with Crippen molar-refractivity contribution in [2.45, 2.75) is 64.6 Å². The topological polar surface area (TPSA) is 94.3 Å². The number of amides is 1. The molecule has 3 atom stereocenters. The van der Waals surface area contributed by atoms with Gasteiger partial charge in [-0.1, -0.05) is 13.8 Å². The van der Waals surface area contributed by atoms with Crippen LogP contribution in [0.15, 0.2) is 11.6 Å². The van der Waals surface area contributed by atoms with Crippen LogP contribution >= 0.6 is 11.3 Å². The van der Waals surface area contributed by atoms with Gasteiger partial charge in [0.25, 0.3) is 0 Å². The van der Waals surface area contributed by atoms with Gasteiger partial charge in [0.15, 0.2) is 0 Å². The third-order valence-electron chi connectivity index (χ3n) is 4.03. The second kappa shape index (κ2) is 6.80. The Kier molecular flexibility index (Phi) is 5.34. The molecule has 24 heavy (non-hydrogen) atoms. The van der Waals surface area contributed by atoms with Crippen molar-refractivity contribution in [2.75, 3.05) is 0 Å². The molecule has 1 aromatic rings. The first kappa shape index (κ1) is 18.9. The van der Waals surface area contributed by atoms with Crippen LogP contribution in [0.3, 0.4) is 0 Å². The van der Waals surface area contributed by atoms with Gasteiger partial charge >= 0.3 is 5.97 Å². The Morgan fingerprint density at radius 2 is 2.17 bits per heavy atom. The average molecular weight is 353 g/mol. The predicted octanol–water partition coefficient (Wildman–Crippen LogP) is 2.41. The molecule has 0 saturated carbocycles. The minimum absolute atomic E-state index is 0.258. The molecule has 1 aliphatic heterocycles. The molecule has 1 amide bonds. The van der Waals surface area contributed by atoms with Crippen molar-refractivity contribution in [2.24, 2.45) is 17.6 Å². The summed E-state index contributed by atoms with van der Waals surface area (Å²) < 4.78 is 5.65. The second-order valence-electron chi connectivity index (χ2n) is 7.89. The summed E-state index contributed by atoms with van der Waals surface area (Å²) >= 11 is 1.45. The number of carbonyl (C=O) groups is 2. The highest BCUT2D eigenvalue weighted by molar-refractivity contribution is 7.09. The summed E-state index contributed by atoms with van der Waals surface area (Å²) in [5, 5.41) is 5.99. The fourth-order valence-corrected chi connectivity index (χ4v) is 4.03. The third-order valence-corrected chi connectivity index (χ3v) is 4.89. The number of thiazole rings is 1. The number of primary amides is 1. The molecule has 0 bridgehead atoms. The van der Waals surface area contributed by atoms with Crippen molar-refractivity contribution in [3.8, 4) is 0 Å². The maximum Gasteiger partial charge on any atom is 0.326 e. The molecule has 1 fully saturated rings. The summed E-state index contributed by atoms with van der Waals surface area (Å²) in [5.41, 5.74) is 4.11. The van der Waals surface area contributed by atoms with E-state index in [1.807, 2.05) is 40.0 Å². The number of rotatable bonds is 5. The van der Waals surface area contributed by atoms with Crippen LogP contribution in [0, 0.1) is 11.8 Å². The fraction of sp³-hybridized carbons (Fsp3) is 0.706. The van der Waals surface area contributed by atoms with Crippen molar-refractivity contribution < 1.29 is 14.3 Å².